The lowest BCUT2D eigenvalue weighted by molar-refractivity contribution is -0.121. The molecule has 2 N–H and O–H groups in total. The monoisotopic (exact) mass is 421 g/mol. The van der Waals surface area contributed by atoms with Gasteiger partial charge in [-0.2, -0.15) is 0 Å². The van der Waals surface area contributed by atoms with Crippen LogP contribution in [0.3, 0.4) is 0 Å². The molecule has 0 spiro atoms. The van der Waals surface area contributed by atoms with Gasteiger partial charge in [-0.25, -0.2) is 4.79 Å². The summed E-state index contributed by atoms with van der Waals surface area (Å²) >= 11 is 0. The van der Waals surface area contributed by atoms with Crippen LogP contribution >= 0.6 is 0 Å². The average molecular weight is 422 g/mol. The van der Waals surface area contributed by atoms with E-state index in [0.29, 0.717) is 18.9 Å². The number of hydrogen-bond acceptors (Lipinski definition) is 2. The van der Waals surface area contributed by atoms with Gasteiger partial charge in [0.15, 0.2) is 0 Å². The summed E-state index contributed by atoms with van der Waals surface area (Å²) in [6.07, 6.45) is 2.26. The molecule has 1 fully saturated rings. The molecule has 31 heavy (non-hydrogen) atoms. The predicted molar refractivity (Wildman–Crippen MR) is 125 cm³/mol. The van der Waals surface area contributed by atoms with E-state index < -0.39 is 0 Å². The quantitative estimate of drug-likeness (QED) is 0.719. The Morgan fingerprint density at radius 1 is 0.935 bits per heavy atom. The summed E-state index contributed by atoms with van der Waals surface area (Å²) < 4.78 is 0. The fourth-order valence-corrected chi connectivity index (χ4v) is 4.05. The van der Waals surface area contributed by atoms with Gasteiger partial charge < -0.3 is 15.5 Å². The second-order valence-corrected chi connectivity index (χ2v) is 9.49. The lowest BCUT2D eigenvalue weighted by atomic mass is 9.88. The molecule has 166 valence electrons. The third-order valence-electron chi connectivity index (χ3n) is 5.76. The first kappa shape index (κ1) is 22.9. The maximum Gasteiger partial charge on any atom is 0.317 e. The van der Waals surface area contributed by atoms with E-state index in [4.69, 9.17) is 0 Å². The first-order valence-corrected chi connectivity index (χ1v) is 11.3. The van der Waals surface area contributed by atoms with Gasteiger partial charge in [0.2, 0.25) is 5.91 Å². The van der Waals surface area contributed by atoms with Gasteiger partial charge in [0.1, 0.15) is 0 Å². The molecule has 5 heteroatoms. The Morgan fingerprint density at radius 3 is 1.94 bits per heavy atom. The lowest BCUT2D eigenvalue weighted by Crippen LogP contribution is -2.51. The average Bonchev–Trinajstić information content (AvgIpc) is 2.76. The number of piperidine rings is 1. The van der Waals surface area contributed by atoms with Gasteiger partial charge in [0, 0.05) is 37.5 Å². The van der Waals surface area contributed by atoms with E-state index in [1.54, 1.807) is 0 Å². The van der Waals surface area contributed by atoms with Crippen LogP contribution in [0, 0.1) is 5.92 Å². The number of carbonyl (C=O) groups is 2. The molecule has 3 rings (SSSR count). The van der Waals surface area contributed by atoms with Crippen LogP contribution in [0.15, 0.2) is 60.7 Å². The van der Waals surface area contributed by atoms with E-state index >= 15 is 0 Å². The molecule has 0 aliphatic carbocycles. The third-order valence-corrected chi connectivity index (χ3v) is 5.76. The van der Waals surface area contributed by atoms with Crippen LogP contribution < -0.4 is 10.6 Å². The van der Waals surface area contributed by atoms with Crippen molar-refractivity contribution in [1.82, 2.24) is 15.5 Å². The zero-order valence-electron chi connectivity index (χ0n) is 18.9. The summed E-state index contributed by atoms with van der Waals surface area (Å²) in [5.74, 6) is 0.533. The molecule has 1 saturated heterocycles. The van der Waals surface area contributed by atoms with Crippen LogP contribution in [-0.4, -0.2) is 42.0 Å². The molecule has 1 aliphatic rings. The number of nitrogens with zero attached hydrogens (tertiary/aromatic N) is 1. The van der Waals surface area contributed by atoms with Gasteiger partial charge in [-0.3, -0.25) is 4.79 Å². The Balaban J connectivity index is 1.50. The highest BCUT2D eigenvalue weighted by Crippen LogP contribution is 2.28. The molecule has 2 aromatic rings. The number of amides is 3. The molecular weight excluding hydrogens is 386 g/mol. The van der Waals surface area contributed by atoms with E-state index in [2.05, 4.69) is 34.9 Å². The fourth-order valence-electron chi connectivity index (χ4n) is 4.05. The summed E-state index contributed by atoms with van der Waals surface area (Å²) in [4.78, 5) is 27.0. The minimum atomic E-state index is -0.226. The molecule has 0 unspecified atom stereocenters. The maximum atomic E-state index is 12.8. The fraction of sp³-hybridized carbons (Fsp3) is 0.462. The molecule has 0 saturated carbocycles. The van der Waals surface area contributed by atoms with E-state index in [9.17, 15) is 9.59 Å². The molecule has 0 bridgehead atoms. The van der Waals surface area contributed by atoms with Crippen LogP contribution in [0.5, 0.6) is 0 Å². The highest BCUT2D eigenvalue weighted by Gasteiger charge is 2.26. The summed E-state index contributed by atoms with van der Waals surface area (Å²) in [6.45, 7) is 8.12. The van der Waals surface area contributed by atoms with Crippen LogP contribution in [0.25, 0.3) is 0 Å². The summed E-state index contributed by atoms with van der Waals surface area (Å²) in [5.41, 5.74) is 2.08. The van der Waals surface area contributed by atoms with Gasteiger partial charge in [-0.1, -0.05) is 60.7 Å². The number of rotatable bonds is 6. The molecule has 5 nitrogen and oxygen atoms in total. The highest BCUT2D eigenvalue weighted by atomic mass is 16.2. The van der Waals surface area contributed by atoms with Crippen molar-refractivity contribution >= 4 is 11.9 Å². The van der Waals surface area contributed by atoms with Crippen LogP contribution in [-0.2, 0) is 4.79 Å². The molecule has 0 atom stereocenters. The van der Waals surface area contributed by atoms with Crippen molar-refractivity contribution in [2.75, 3.05) is 19.6 Å². The minimum absolute atomic E-state index is 0.00329. The first-order valence-electron chi connectivity index (χ1n) is 11.3. The van der Waals surface area contributed by atoms with Crippen molar-refractivity contribution in [1.29, 1.82) is 0 Å². The zero-order chi connectivity index (χ0) is 22.3. The highest BCUT2D eigenvalue weighted by molar-refractivity contribution is 5.77. The maximum absolute atomic E-state index is 12.8. The lowest BCUT2D eigenvalue weighted by Gasteiger charge is -2.34. The van der Waals surface area contributed by atoms with E-state index in [1.165, 1.54) is 0 Å². The molecular formula is C26H35N3O2. The number of carbonyl (C=O) groups excluding carboxylic acids is 2. The number of nitrogens with one attached hydrogen (secondary N) is 2. The predicted octanol–water partition coefficient (Wildman–Crippen LogP) is 4.54. The van der Waals surface area contributed by atoms with Crippen molar-refractivity contribution in [3.8, 4) is 0 Å². The number of hydrogen-bond donors (Lipinski definition) is 2. The Morgan fingerprint density at radius 2 is 1.45 bits per heavy atom. The summed E-state index contributed by atoms with van der Waals surface area (Å²) in [6, 6.07) is 20.4. The topological polar surface area (TPSA) is 61.4 Å². The molecule has 1 heterocycles. The molecule has 0 radical (unpaired) electrons. The second-order valence-electron chi connectivity index (χ2n) is 9.49. The number of urea groups is 1. The Bertz CT molecular complexity index is 798. The largest absolute Gasteiger partial charge is 0.356 e. The Hall–Kier alpha value is -2.82. The second kappa shape index (κ2) is 10.5. The zero-order valence-corrected chi connectivity index (χ0v) is 18.9. The number of benzene rings is 2. The van der Waals surface area contributed by atoms with Gasteiger partial charge in [0.05, 0.1) is 0 Å². The Labute approximate surface area is 186 Å². The molecule has 3 amide bonds. The van der Waals surface area contributed by atoms with Gasteiger partial charge >= 0.3 is 6.03 Å². The molecule has 1 aliphatic heterocycles. The SMILES string of the molecule is CC(C)(C)NC(=O)N1CCC(CNC(=O)CC(c2ccccc2)c2ccccc2)CC1. The van der Waals surface area contributed by atoms with Crippen molar-refractivity contribution < 1.29 is 9.59 Å². The molecule has 2 aromatic carbocycles. The van der Waals surface area contributed by atoms with E-state index in [0.717, 1.165) is 37.1 Å². The molecule has 0 aromatic heterocycles. The first-order chi connectivity index (χ1) is 14.8. The van der Waals surface area contributed by atoms with E-state index in [1.807, 2.05) is 62.1 Å². The van der Waals surface area contributed by atoms with Crippen molar-refractivity contribution in [3.05, 3.63) is 71.8 Å². The van der Waals surface area contributed by atoms with Gasteiger partial charge in [-0.15, -0.1) is 0 Å². The van der Waals surface area contributed by atoms with Crippen LogP contribution in [0.1, 0.15) is 57.1 Å². The van der Waals surface area contributed by atoms with E-state index in [-0.39, 0.29) is 23.4 Å². The standard InChI is InChI=1S/C26H35N3O2/c1-26(2,3)28-25(31)29-16-14-20(15-17-29)19-27-24(30)18-23(21-10-6-4-7-11-21)22-12-8-5-9-13-22/h4-13,20,23H,14-19H2,1-3H3,(H,27,30)(H,28,31). The summed E-state index contributed by atoms with van der Waals surface area (Å²) in [7, 11) is 0. The number of likely N-dealkylation sites (tertiary alicyclic amines) is 1. The minimum Gasteiger partial charge on any atom is -0.356 e. The van der Waals surface area contributed by atoms with Crippen LogP contribution in [0.2, 0.25) is 0 Å². The van der Waals surface area contributed by atoms with Crippen LogP contribution in [0.4, 0.5) is 4.79 Å². The smallest absolute Gasteiger partial charge is 0.317 e. The van der Waals surface area contributed by atoms with Crippen molar-refractivity contribution in [2.24, 2.45) is 5.92 Å². The normalized spacial score (nSPS) is 15.0. The Kier molecular flexibility index (Phi) is 7.72. The third kappa shape index (κ3) is 7.12. The van der Waals surface area contributed by atoms with Crippen molar-refractivity contribution in [3.63, 3.8) is 0 Å². The van der Waals surface area contributed by atoms with Gasteiger partial charge in [-0.05, 0) is 50.7 Å². The summed E-state index contributed by atoms with van der Waals surface area (Å²) in [5, 5.41) is 6.17. The van der Waals surface area contributed by atoms with Crippen molar-refractivity contribution in [2.45, 2.75) is 51.5 Å². The van der Waals surface area contributed by atoms with Gasteiger partial charge in [0.25, 0.3) is 0 Å².